The molecule has 2 bridgehead atoms. The molecule has 2 rings (SSSR count). The van der Waals surface area contributed by atoms with Gasteiger partial charge in [-0.3, -0.25) is 4.90 Å². The molecule has 2 fully saturated rings. The third-order valence-corrected chi connectivity index (χ3v) is 4.53. The summed E-state index contributed by atoms with van der Waals surface area (Å²) < 4.78 is 5.39. The van der Waals surface area contributed by atoms with Crippen LogP contribution in [0.25, 0.3) is 0 Å². The molecular weight excluding hydrogens is 212 g/mol. The number of piperidine rings is 1. The third-order valence-electron chi connectivity index (χ3n) is 4.53. The molecule has 3 heteroatoms. The lowest BCUT2D eigenvalue weighted by Gasteiger charge is -2.43. The smallest absolute Gasteiger partial charge is 0.0618 e. The van der Waals surface area contributed by atoms with Crippen LogP contribution in [0.3, 0.4) is 0 Å². The number of hydrogen-bond donors (Lipinski definition) is 1. The van der Waals surface area contributed by atoms with Crippen molar-refractivity contribution in [3.05, 3.63) is 0 Å². The molecule has 2 aliphatic heterocycles. The van der Waals surface area contributed by atoms with Gasteiger partial charge >= 0.3 is 0 Å². The Balaban J connectivity index is 1.97. The molecule has 0 aromatic carbocycles. The Morgan fingerprint density at radius 2 is 1.88 bits per heavy atom. The fourth-order valence-corrected chi connectivity index (χ4v) is 3.87. The Morgan fingerprint density at radius 3 is 2.35 bits per heavy atom. The summed E-state index contributed by atoms with van der Waals surface area (Å²) in [6.45, 7) is 6.52. The van der Waals surface area contributed by atoms with Crippen LogP contribution in [0.15, 0.2) is 0 Å². The van der Waals surface area contributed by atoms with Gasteiger partial charge in [0, 0.05) is 31.3 Å². The average molecular weight is 240 g/mol. The summed E-state index contributed by atoms with van der Waals surface area (Å²) in [5, 5.41) is 3.64. The van der Waals surface area contributed by atoms with Gasteiger partial charge < -0.3 is 10.1 Å². The normalized spacial score (nSPS) is 35.1. The molecule has 2 heterocycles. The number of ether oxygens (including phenoxy) is 1. The second kappa shape index (κ2) is 6.17. The highest BCUT2D eigenvalue weighted by atomic mass is 16.5. The molecule has 3 unspecified atom stereocenters. The van der Waals surface area contributed by atoms with Crippen molar-refractivity contribution in [2.45, 2.75) is 70.1 Å². The molecule has 0 spiro atoms. The molecule has 0 aromatic heterocycles. The van der Waals surface area contributed by atoms with Crippen molar-refractivity contribution < 1.29 is 4.74 Å². The fraction of sp³-hybridized carbons (Fsp3) is 1.00. The third kappa shape index (κ3) is 2.83. The van der Waals surface area contributed by atoms with Gasteiger partial charge in [-0.25, -0.2) is 0 Å². The Bertz CT molecular complexity index is 220. The van der Waals surface area contributed by atoms with E-state index in [-0.39, 0.29) is 0 Å². The van der Waals surface area contributed by atoms with Crippen molar-refractivity contribution in [3.63, 3.8) is 0 Å². The monoisotopic (exact) mass is 240 g/mol. The maximum Gasteiger partial charge on any atom is 0.0618 e. The van der Waals surface area contributed by atoms with E-state index in [2.05, 4.69) is 24.1 Å². The molecule has 0 saturated carbocycles. The van der Waals surface area contributed by atoms with Crippen LogP contribution in [-0.2, 0) is 4.74 Å². The van der Waals surface area contributed by atoms with Crippen molar-refractivity contribution in [2.24, 2.45) is 0 Å². The highest BCUT2D eigenvalue weighted by molar-refractivity contribution is 4.99. The van der Waals surface area contributed by atoms with E-state index in [0.717, 1.165) is 31.3 Å². The lowest BCUT2D eigenvalue weighted by molar-refractivity contribution is 0.0238. The molecule has 3 nitrogen and oxygen atoms in total. The molecule has 100 valence electrons. The summed E-state index contributed by atoms with van der Waals surface area (Å²) in [6, 6.07) is 3.00. The Labute approximate surface area is 106 Å². The van der Waals surface area contributed by atoms with Crippen LogP contribution in [0, 0.1) is 0 Å². The maximum atomic E-state index is 5.39. The number of methoxy groups -OCH3 is 1. The second-order valence-corrected chi connectivity index (χ2v) is 5.58. The van der Waals surface area contributed by atoms with Gasteiger partial charge in [0.05, 0.1) is 6.61 Å². The van der Waals surface area contributed by atoms with Crippen LogP contribution in [0.5, 0.6) is 0 Å². The maximum absolute atomic E-state index is 5.39. The number of hydrogen-bond acceptors (Lipinski definition) is 3. The van der Waals surface area contributed by atoms with Crippen LogP contribution in [0.4, 0.5) is 0 Å². The second-order valence-electron chi connectivity index (χ2n) is 5.58. The highest BCUT2D eigenvalue weighted by Gasteiger charge is 2.42. The minimum atomic E-state index is 0.639. The number of fused-ring (bicyclic) bond motifs is 2. The van der Waals surface area contributed by atoms with Crippen LogP contribution < -0.4 is 5.32 Å². The molecule has 0 amide bonds. The van der Waals surface area contributed by atoms with E-state index in [1.54, 1.807) is 0 Å². The summed E-state index contributed by atoms with van der Waals surface area (Å²) in [5.74, 6) is 0. The van der Waals surface area contributed by atoms with Crippen LogP contribution in [0.1, 0.15) is 46.0 Å². The van der Waals surface area contributed by atoms with Gasteiger partial charge in [0.15, 0.2) is 0 Å². The van der Waals surface area contributed by atoms with E-state index < -0.39 is 0 Å². The summed E-state index contributed by atoms with van der Waals surface area (Å²) in [5.41, 5.74) is 0. The zero-order valence-electron chi connectivity index (χ0n) is 11.6. The molecule has 3 atom stereocenters. The minimum absolute atomic E-state index is 0.639. The van der Waals surface area contributed by atoms with Crippen LogP contribution >= 0.6 is 0 Å². The quantitative estimate of drug-likeness (QED) is 0.769. The number of nitrogens with one attached hydrogen (secondary N) is 1. The minimum Gasteiger partial charge on any atom is -0.383 e. The number of nitrogens with zero attached hydrogens (tertiary/aromatic N) is 1. The zero-order valence-corrected chi connectivity index (χ0v) is 11.6. The van der Waals surface area contributed by atoms with Crippen molar-refractivity contribution in [1.29, 1.82) is 0 Å². The van der Waals surface area contributed by atoms with Gasteiger partial charge in [-0.05, 0) is 38.6 Å². The Hall–Kier alpha value is -0.120. The van der Waals surface area contributed by atoms with Crippen LogP contribution in [-0.4, -0.2) is 49.3 Å². The van der Waals surface area contributed by atoms with Gasteiger partial charge in [-0.15, -0.1) is 0 Å². The lowest BCUT2D eigenvalue weighted by Crippen LogP contribution is -2.54. The van der Waals surface area contributed by atoms with E-state index in [4.69, 9.17) is 4.74 Å². The van der Waals surface area contributed by atoms with E-state index in [9.17, 15) is 0 Å². The highest BCUT2D eigenvalue weighted by Crippen LogP contribution is 2.37. The topological polar surface area (TPSA) is 24.5 Å². The van der Waals surface area contributed by atoms with E-state index in [1.807, 2.05) is 7.11 Å². The Kier molecular flexibility index (Phi) is 4.83. The SMILES string of the molecule is CCNC1CC2CCC(C1)N2C(CC)COC. The van der Waals surface area contributed by atoms with Crippen LogP contribution in [0.2, 0.25) is 0 Å². The molecule has 2 saturated heterocycles. The summed E-state index contributed by atoms with van der Waals surface area (Å²) in [7, 11) is 1.83. The Morgan fingerprint density at radius 1 is 1.24 bits per heavy atom. The van der Waals surface area contributed by atoms with Crippen molar-refractivity contribution >= 4 is 0 Å². The van der Waals surface area contributed by atoms with E-state index >= 15 is 0 Å². The average Bonchev–Trinajstić information content (AvgIpc) is 2.59. The van der Waals surface area contributed by atoms with Gasteiger partial charge in [-0.1, -0.05) is 13.8 Å². The molecule has 0 radical (unpaired) electrons. The van der Waals surface area contributed by atoms with Crippen molar-refractivity contribution in [3.8, 4) is 0 Å². The molecule has 2 aliphatic rings. The summed E-state index contributed by atoms with van der Waals surface area (Å²) in [4.78, 5) is 2.78. The van der Waals surface area contributed by atoms with E-state index in [0.29, 0.717) is 6.04 Å². The molecular formula is C14H28N2O. The zero-order chi connectivity index (χ0) is 12.3. The van der Waals surface area contributed by atoms with E-state index in [1.165, 1.54) is 32.1 Å². The first-order valence-electron chi connectivity index (χ1n) is 7.29. The molecule has 1 N–H and O–H groups in total. The molecule has 17 heavy (non-hydrogen) atoms. The van der Waals surface area contributed by atoms with Gasteiger partial charge in [0.25, 0.3) is 0 Å². The molecule has 0 aliphatic carbocycles. The first-order valence-corrected chi connectivity index (χ1v) is 7.29. The largest absolute Gasteiger partial charge is 0.383 e. The summed E-state index contributed by atoms with van der Waals surface area (Å²) >= 11 is 0. The standard InChI is InChI=1S/C14H28N2O/c1-4-12(10-17-3)16-13-6-7-14(16)9-11(8-13)15-5-2/h11-15H,4-10H2,1-3H3. The fourth-order valence-electron chi connectivity index (χ4n) is 3.87. The van der Waals surface area contributed by atoms with Gasteiger partial charge in [0.2, 0.25) is 0 Å². The predicted molar refractivity (Wildman–Crippen MR) is 71.3 cm³/mol. The summed E-state index contributed by atoms with van der Waals surface area (Å²) in [6.07, 6.45) is 6.68. The van der Waals surface area contributed by atoms with Crippen molar-refractivity contribution in [2.75, 3.05) is 20.3 Å². The predicted octanol–water partition coefficient (Wildman–Crippen LogP) is 2.02. The van der Waals surface area contributed by atoms with Gasteiger partial charge in [0.1, 0.15) is 0 Å². The molecule has 0 aromatic rings. The van der Waals surface area contributed by atoms with Gasteiger partial charge in [-0.2, -0.15) is 0 Å². The number of rotatable bonds is 6. The first kappa shape index (κ1) is 13.3. The van der Waals surface area contributed by atoms with Crippen molar-refractivity contribution in [1.82, 2.24) is 10.2 Å². The first-order chi connectivity index (χ1) is 8.30. The lowest BCUT2D eigenvalue weighted by atomic mass is 9.95.